The van der Waals surface area contributed by atoms with Crippen molar-refractivity contribution in [2.75, 3.05) is 11.9 Å². The van der Waals surface area contributed by atoms with Crippen LogP contribution in [-0.2, 0) is 0 Å². The van der Waals surface area contributed by atoms with Gasteiger partial charge in [0.2, 0.25) is 0 Å². The average Bonchev–Trinajstić information content (AvgIpc) is 2.49. The van der Waals surface area contributed by atoms with E-state index < -0.39 is 0 Å². The van der Waals surface area contributed by atoms with E-state index in [2.05, 4.69) is 35.1 Å². The van der Waals surface area contributed by atoms with Crippen molar-refractivity contribution in [1.29, 1.82) is 0 Å². The molecule has 0 aliphatic heterocycles. The molecule has 3 nitrogen and oxygen atoms in total. The number of amides is 1. The first kappa shape index (κ1) is 16.6. The van der Waals surface area contributed by atoms with Crippen LogP contribution in [0.15, 0.2) is 53.0 Å². The summed E-state index contributed by atoms with van der Waals surface area (Å²) in [6.07, 6.45) is 1.00. The number of hydrogen-bond donors (Lipinski definition) is 1. The zero-order valence-corrected chi connectivity index (χ0v) is 14.4. The molecular formula is C18H20BrNO2. The maximum Gasteiger partial charge on any atom is 0.255 e. The monoisotopic (exact) mass is 361 g/mol. The third kappa shape index (κ3) is 4.88. The number of ether oxygens (including phenoxy) is 1. The Morgan fingerprint density at radius 1 is 1.18 bits per heavy atom. The lowest BCUT2D eigenvalue weighted by Gasteiger charge is -2.11. The molecule has 2 aromatic carbocycles. The molecule has 0 heterocycles. The zero-order chi connectivity index (χ0) is 15.9. The molecule has 0 saturated heterocycles. The maximum absolute atomic E-state index is 12.2. The van der Waals surface area contributed by atoms with E-state index in [0.717, 1.165) is 22.3 Å². The standard InChI is InChI=1S/C18H20BrNO2/c1-13(2)10-11-22-17-9-8-14(12-16(17)19)18(21)20-15-6-4-3-5-7-15/h3-9,12-13H,10-11H2,1-2H3,(H,20,21). The molecule has 116 valence electrons. The van der Waals surface area contributed by atoms with Gasteiger partial charge in [-0.3, -0.25) is 4.79 Å². The van der Waals surface area contributed by atoms with Crippen LogP contribution in [-0.4, -0.2) is 12.5 Å². The molecule has 0 fully saturated rings. The van der Waals surface area contributed by atoms with Crippen molar-refractivity contribution in [1.82, 2.24) is 0 Å². The third-order valence-corrected chi connectivity index (χ3v) is 3.80. The van der Waals surface area contributed by atoms with Crippen LogP contribution in [0.1, 0.15) is 30.6 Å². The minimum Gasteiger partial charge on any atom is -0.492 e. The van der Waals surface area contributed by atoms with Crippen LogP contribution in [0, 0.1) is 5.92 Å². The fourth-order valence-electron chi connectivity index (χ4n) is 1.89. The molecule has 1 amide bonds. The largest absolute Gasteiger partial charge is 0.492 e. The maximum atomic E-state index is 12.2. The highest BCUT2D eigenvalue weighted by Gasteiger charge is 2.09. The van der Waals surface area contributed by atoms with Gasteiger partial charge >= 0.3 is 0 Å². The van der Waals surface area contributed by atoms with Crippen molar-refractivity contribution in [3.8, 4) is 5.75 Å². The predicted molar refractivity (Wildman–Crippen MR) is 93.5 cm³/mol. The van der Waals surface area contributed by atoms with Crippen molar-refractivity contribution < 1.29 is 9.53 Å². The quantitative estimate of drug-likeness (QED) is 0.774. The van der Waals surface area contributed by atoms with E-state index in [-0.39, 0.29) is 5.91 Å². The Morgan fingerprint density at radius 3 is 2.55 bits per heavy atom. The highest BCUT2D eigenvalue weighted by molar-refractivity contribution is 9.10. The first-order valence-corrected chi connectivity index (χ1v) is 8.14. The number of rotatable bonds is 6. The zero-order valence-electron chi connectivity index (χ0n) is 12.8. The van der Waals surface area contributed by atoms with Gasteiger partial charge in [0.1, 0.15) is 5.75 Å². The SMILES string of the molecule is CC(C)CCOc1ccc(C(=O)Nc2ccccc2)cc1Br. The molecule has 0 aromatic heterocycles. The van der Waals surface area contributed by atoms with E-state index in [9.17, 15) is 4.79 Å². The molecule has 0 aliphatic rings. The van der Waals surface area contributed by atoms with Crippen molar-refractivity contribution in [3.05, 3.63) is 58.6 Å². The fraction of sp³-hybridized carbons (Fsp3) is 0.278. The molecule has 0 atom stereocenters. The summed E-state index contributed by atoms with van der Waals surface area (Å²) in [7, 11) is 0. The molecule has 1 N–H and O–H groups in total. The van der Waals surface area contributed by atoms with Gasteiger partial charge in [-0.1, -0.05) is 32.0 Å². The molecule has 0 bridgehead atoms. The summed E-state index contributed by atoms with van der Waals surface area (Å²) in [6.45, 7) is 5.00. The van der Waals surface area contributed by atoms with Gasteiger partial charge in [-0.25, -0.2) is 0 Å². The lowest BCUT2D eigenvalue weighted by Crippen LogP contribution is -2.12. The van der Waals surface area contributed by atoms with Gasteiger partial charge in [0, 0.05) is 11.3 Å². The van der Waals surface area contributed by atoms with E-state index in [1.54, 1.807) is 12.1 Å². The summed E-state index contributed by atoms with van der Waals surface area (Å²) in [5.41, 5.74) is 1.37. The van der Waals surface area contributed by atoms with Gasteiger partial charge in [0.25, 0.3) is 5.91 Å². The first-order chi connectivity index (χ1) is 10.6. The number of carbonyl (C=O) groups is 1. The lowest BCUT2D eigenvalue weighted by atomic mass is 10.1. The predicted octanol–water partition coefficient (Wildman–Crippen LogP) is 5.13. The highest BCUT2D eigenvalue weighted by atomic mass is 79.9. The van der Waals surface area contributed by atoms with E-state index >= 15 is 0 Å². The van der Waals surface area contributed by atoms with Crippen LogP contribution >= 0.6 is 15.9 Å². The molecule has 22 heavy (non-hydrogen) atoms. The van der Waals surface area contributed by atoms with E-state index in [1.165, 1.54) is 0 Å². The number of benzene rings is 2. The van der Waals surface area contributed by atoms with Gasteiger partial charge in [0.05, 0.1) is 11.1 Å². The Balaban J connectivity index is 2.00. The molecule has 4 heteroatoms. The summed E-state index contributed by atoms with van der Waals surface area (Å²) < 4.78 is 6.51. The van der Waals surface area contributed by atoms with Crippen molar-refractivity contribution in [2.45, 2.75) is 20.3 Å². The van der Waals surface area contributed by atoms with Crippen molar-refractivity contribution >= 4 is 27.5 Å². The summed E-state index contributed by atoms with van der Waals surface area (Å²) in [4.78, 5) is 12.2. The van der Waals surface area contributed by atoms with Crippen LogP contribution in [0.5, 0.6) is 5.75 Å². The molecule has 2 aromatic rings. The second kappa shape index (κ2) is 7.99. The average molecular weight is 362 g/mol. The van der Waals surface area contributed by atoms with Crippen LogP contribution < -0.4 is 10.1 Å². The Hall–Kier alpha value is -1.81. The first-order valence-electron chi connectivity index (χ1n) is 7.35. The molecule has 0 saturated carbocycles. The number of para-hydroxylation sites is 1. The molecule has 0 unspecified atom stereocenters. The highest BCUT2D eigenvalue weighted by Crippen LogP contribution is 2.26. The summed E-state index contributed by atoms with van der Waals surface area (Å²) in [5.74, 6) is 1.23. The normalized spacial score (nSPS) is 10.5. The third-order valence-electron chi connectivity index (χ3n) is 3.18. The minimum atomic E-state index is -0.138. The van der Waals surface area contributed by atoms with Gasteiger partial charge in [-0.05, 0) is 58.6 Å². The number of carbonyl (C=O) groups excluding carboxylic acids is 1. The Bertz CT molecular complexity index is 626. The van der Waals surface area contributed by atoms with Gasteiger partial charge < -0.3 is 10.1 Å². The number of nitrogens with one attached hydrogen (secondary N) is 1. The molecule has 0 radical (unpaired) electrons. The van der Waals surface area contributed by atoms with E-state index in [4.69, 9.17) is 4.74 Å². The van der Waals surface area contributed by atoms with E-state index in [0.29, 0.717) is 18.1 Å². The topological polar surface area (TPSA) is 38.3 Å². The Morgan fingerprint density at radius 2 is 1.91 bits per heavy atom. The molecule has 0 spiro atoms. The van der Waals surface area contributed by atoms with Crippen molar-refractivity contribution in [3.63, 3.8) is 0 Å². The van der Waals surface area contributed by atoms with Gasteiger partial charge in [0.15, 0.2) is 0 Å². The number of hydrogen-bond acceptors (Lipinski definition) is 2. The van der Waals surface area contributed by atoms with Crippen LogP contribution in [0.3, 0.4) is 0 Å². The molecule has 2 rings (SSSR count). The van der Waals surface area contributed by atoms with Gasteiger partial charge in [-0.15, -0.1) is 0 Å². The Labute approximate surface area is 139 Å². The Kier molecular flexibility index (Phi) is 6.01. The van der Waals surface area contributed by atoms with Crippen LogP contribution in [0.2, 0.25) is 0 Å². The summed E-state index contributed by atoms with van der Waals surface area (Å²) in [5, 5.41) is 2.86. The second-order valence-corrected chi connectivity index (χ2v) is 6.35. The summed E-state index contributed by atoms with van der Waals surface area (Å²) in [6, 6.07) is 14.8. The minimum absolute atomic E-state index is 0.138. The number of anilines is 1. The van der Waals surface area contributed by atoms with Crippen LogP contribution in [0.25, 0.3) is 0 Å². The van der Waals surface area contributed by atoms with E-state index in [1.807, 2.05) is 36.4 Å². The smallest absolute Gasteiger partial charge is 0.255 e. The molecular weight excluding hydrogens is 342 g/mol. The van der Waals surface area contributed by atoms with Gasteiger partial charge in [-0.2, -0.15) is 0 Å². The fourth-order valence-corrected chi connectivity index (χ4v) is 2.38. The second-order valence-electron chi connectivity index (χ2n) is 5.50. The summed E-state index contributed by atoms with van der Waals surface area (Å²) >= 11 is 3.46. The number of halogens is 1. The lowest BCUT2D eigenvalue weighted by molar-refractivity contribution is 0.102. The van der Waals surface area contributed by atoms with Crippen molar-refractivity contribution in [2.24, 2.45) is 5.92 Å². The van der Waals surface area contributed by atoms with Crippen LogP contribution in [0.4, 0.5) is 5.69 Å². The molecule has 0 aliphatic carbocycles.